The van der Waals surface area contributed by atoms with Crippen LogP contribution in [0.15, 0.2) is 21.5 Å². The molecule has 1 amide bonds. The third-order valence-electron chi connectivity index (χ3n) is 3.69. The maximum Gasteiger partial charge on any atom is 0.310 e. The van der Waals surface area contributed by atoms with E-state index >= 15 is 0 Å². The van der Waals surface area contributed by atoms with Gasteiger partial charge < -0.3 is 15.0 Å². The van der Waals surface area contributed by atoms with E-state index in [9.17, 15) is 19.5 Å². The van der Waals surface area contributed by atoms with Crippen LogP contribution in [-0.2, 0) is 16.6 Å². The number of aromatic nitrogens is 1. The first kappa shape index (κ1) is 14.8. The third-order valence-corrected chi connectivity index (χ3v) is 4.25. The van der Waals surface area contributed by atoms with Crippen LogP contribution in [0.3, 0.4) is 0 Å². The number of carboxylic acids is 1. The lowest BCUT2D eigenvalue weighted by atomic mass is 9.66. The molecule has 1 aliphatic carbocycles. The quantitative estimate of drug-likeness (QED) is 0.872. The molecule has 0 atom stereocenters. The number of carbonyl (C=O) groups is 2. The Kier molecular flexibility index (Phi) is 3.99. The highest BCUT2D eigenvalue weighted by molar-refractivity contribution is 9.10. The van der Waals surface area contributed by atoms with Crippen molar-refractivity contribution in [3.8, 4) is 0 Å². The Morgan fingerprint density at radius 1 is 1.50 bits per heavy atom. The zero-order valence-electron chi connectivity index (χ0n) is 11.0. The maximum atomic E-state index is 12.0. The molecule has 0 saturated heterocycles. The summed E-state index contributed by atoms with van der Waals surface area (Å²) in [5.41, 5.74) is -0.657. The normalized spacial score (nSPS) is 16.3. The van der Waals surface area contributed by atoms with Crippen molar-refractivity contribution in [2.75, 3.05) is 5.32 Å². The summed E-state index contributed by atoms with van der Waals surface area (Å²) in [6.07, 6.45) is 3.37. The number of rotatable bonds is 4. The molecule has 108 valence electrons. The average molecular weight is 343 g/mol. The van der Waals surface area contributed by atoms with Crippen molar-refractivity contribution in [1.82, 2.24) is 4.57 Å². The molecular weight excluding hydrogens is 328 g/mol. The van der Waals surface area contributed by atoms with E-state index in [1.807, 2.05) is 0 Å². The van der Waals surface area contributed by atoms with Gasteiger partial charge in [0.15, 0.2) is 0 Å². The summed E-state index contributed by atoms with van der Waals surface area (Å²) in [5.74, 6) is -1.27. The number of halogens is 1. The Bertz CT molecular complexity index is 593. The van der Waals surface area contributed by atoms with E-state index in [-0.39, 0.29) is 17.9 Å². The van der Waals surface area contributed by atoms with Gasteiger partial charge in [0.2, 0.25) is 5.91 Å². The lowest BCUT2D eigenvalue weighted by Gasteiger charge is -2.36. The molecule has 1 aromatic rings. The van der Waals surface area contributed by atoms with Gasteiger partial charge in [0.1, 0.15) is 0 Å². The second kappa shape index (κ2) is 5.40. The zero-order valence-corrected chi connectivity index (χ0v) is 12.6. The summed E-state index contributed by atoms with van der Waals surface area (Å²) in [6, 6.07) is 1.51. The lowest BCUT2D eigenvalue weighted by Crippen LogP contribution is -2.41. The number of hydrogen-bond acceptors (Lipinski definition) is 3. The van der Waals surface area contributed by atoms with Gasteiger partial charge in [-0.3, -0.25) is 14.4 Å². The first-order valence-electron chi connectivity index (χ1n) is 6.23. The minimum atomic E-state index is -0.916. The third kappa shape index (κ3) is 2.77. The topological polar surface area (TPSA) is 88.4 Å². The maximum absolute atomic E-state index is 12.0. The molecule has 7 heteroatoms. The predicted octanol–water partition coefficient (Wildman–Crippen LogP) is 1.73. The minimum absolute atomic E-state index is 0.0389. The highest BCUT2D eigenvalue weighted by Crippen LogP contribution is 2.44. The molecule has 1 aromatic heterocycles. The molecule has 1 aliphatic rings. The van der Waals surface area contributed by atoms with Crippen LogP contribution in [-0.4, -0.2) is 21.6 Å². The van der Waals surface area contributed by atoms with E-state index in [4.69, 9.17) is 0 Å². The molecule has 0 bridgehead atoms. The fraction of sp³-hybridized carbons (Fsp3) is 0.462. The van der Waals surface area contributed by atoms with Crippen molar-refractivity contribution in [3.05, 3.63) is 27.1 Å². The van der Waals surface area contributed by atoms with Gasteiger partial charge in [-0.25, -0.2) is 0 Å². The number of pyridine rings is 1. The number of carbonyl (C=O) groups excluding carboxylic acids is 1. The molecule has 0 aromatic carbocycles. The first-order chi connectivity index (χ1) is 9.34. The standard InChI is InChI=1S/C13H15BrN2O4/c1-16-7-8(5-9(14)11(16)18)15-10(17)6-13(12(19)20)3-2-4-13/h5,7H,2-4,6H2,1H3,(H,15,17)(H,19,20). The summed E-state index contributed by atoms with van der Waals surface area (Å²) >= 11 is 3.12. The Morgan fingerprint density at radius 2 is 2.15 bits per heavy atom. The van der Waals surface area contributed by atoms with E-state index in [1.165, 1.54) is 16.8 Å². The molecule has 20 heavy (non-hydrogen) atoms. The SMILES string of the molecule is Cn1cc(NC(=O)CC2(C(=O)O)CCC2)cc(Br)c1=O. The Hall–Kier alpha value is -1.63. The van der Waals surface area contributed by atoms with Gasteiger partial charge in [-0.15, -0.1) is 0 Å². The molecular formula is C13H15BrN2O4. The molecule has 6 nitrogen and oxygen atoms in total. The highest BCUT2D eigenvalue weighted by atomic mass is 79.9. The Labute approximate surface area is 123 Å². The van der Waals surface area contributed by atoms with Gasteiger partial charge in [-0.2, -0.15) is 0 Å². The molecule has 0 radical (unpaired) electrons. The number of nitrogens with zero attached hydrogens (tertiary/aromatic N) is 1. The summed E-state index contributed by atoms with van der Waals surface area (Å²) < 4.78 is 1.69. The van der Waals surface area contributed by atoms with Gasteiger partial charge in [0.25, 0.3) is 5.56 Å². The summed E-state index contributed by atoms with van der Waals surface area (Å²) in [4.78, 5) is 34.7. The fourth-order valence-electron chi connectivity index (χ4n) is 2.32. The van der Waals surface area contributed by atoms with E-state index in [1.54, 1.807) is 7.05 Å². The monoisotopic (exact) mass is 342 g/mol. The Balaban J connectivity index is 2.09. The number of anilines is 1. The van der Waals surface area contributed by atoms with Gasteiger partial charge in [-0.1, -0.05) is 6.42 Å². The summed E-state index contributed by atoms with van der Waals surface area (Å²) in [5, 5.41) is 11.8. The highest BCUT2D eigenvalue weighted by Gasteiger charge is 2.45. The van der Waals surface area contributed by atoms with Crippen molar-refractivity contribution < 1.29 is 14.7 Å². The van der Waals surface area contributed by atoms with Gasteiger partial charge >= 0.3 is 5.97 Å². The molecule has 0 spiro atoms. The fourth-order valence-corrected chi connectivity index (χ4v) is 2.85. The van der Waals surface area contributed by atoms with Gasteiger partial charge in [-0.05, 0) is 34.8 Å². The summed E-state index contributed by atoms with van der Waals surface area (Å²) in [7, 11) is 1.58. The van der Waals surface area contributed by atoms with Crippen LogP contribution in [0.4, 0.5) is 5.69 Å². The van der Waals surface area contributed by atoms with Crippen molar-refractivity contribution in [2.45, 2.75) is 25.7 Å². The second-order valence-corrected chi connectivity index (χ2v) is 6.01. The molecule has 1 fully saturated rings. The number of nitrogens with one attached hydrogen (secondary N) is 1. The summed E-state index contributed by atoms with van der Waals surface area (Å²) in [6.45, 7) is 0. The van der Waals surface area contributed by atoms with Crippen LogP contribution in [0.2, 0.25) is 0 Å². The number of amides is 1. The molecule has 2 rings (SSSR count). The van der Waals surface area contributed by atoms with Crippen LogP contribution in [0.5, 0.6) is 0 Å². The molecule has 1 saturated carbocycles. The van der Waals surface area contributed by atoms with E-state index in [2.05, 4.69) is 21.2 Å². The smallest absolute Gasteiger partial charge is 0.310 e. The zero-order chi connectivity index (χ0) is 14.9. The number of aliphatic carboxylic acids is 1. The average Bonchev–Trinajstić information content (AvgIpc) is 2.30. The van der Waals surface area contributed by atoms with Crippen LogP contribution in [0, 0.1) is 5.41 Å². The van der Waals surface area contributed by atoms with Crippen molar-refractivity contribution in [3.63, 3.8) is 0 Å². The Morgan fingerprint density at radius 3 is 2.60 bits per heavy atom. The minimum Gasteiger partial charge on any atom is -0.481 e. The second-order valence-electron chi connectivity index (χ2n) is 5.16. The van der Waals surface area contributed by atoms with Crippen LogP contribution < -0.4 is 10.9 Å². The van der Waals surface area contributed by atoms with E-state index in [0.29, 0.717) is 23.0 Å². The van der Waals surface area contributed by atoms with Gasteiger partial charge in [0.05, 0.1) is 15.6 Å². The molecule has 1 heterocycles. The number of aryl methyl sites for hydroxylation is 1. The van der Waals surface area contributed by atoms with Crippen molar-refractivity contribution in [2.24, 2.45) is 12.5 Å². The molecule has 0 unspecified atom stereocenters. The predicted molar refractivity (Wildman–Crippen MR) is 76.5 cm³/mol. The van der Waals surface area contributed by atoms with Crippen LogP contribution in [0.1, 0.15) is 25.7 Å². The van der Waals surface area contributed by atoms with E-state index < -0.39 is 11.4 Å². The van der Waals surface area contributed by atoms with Crippen molar-refractivity contribution >= 4 is 33.5 Å². The largest absolute Gasteiger partial charge is 0.481 e. The van der Waals surface area contributed by atoms with Crippen LogP contribution >= 0.6 is 15.9 Å². The number of hydrogen-bond donors (Lipinski definition) is 2. The van der Waals surface area contributed by atoms with E-state index in [0.717, 1.165) is 6.42 Å². The lowest BCUT2D eigenvalue weighted by molar-refractivity contribution is -0.157. The van der Waals surface area contributed by atoms with Crippen molar-refractivity contribution in [1.29, 1.82) is 0 Å². The van der Waals surface area contributed by atoms with Crippen LogP contribution in [0.25, 0.3) is 0 Å². The molecule has 0 aliphatic heterocycles. The number of carboxylic acid groups (broad SMARTS) is 1. The first-order valence-corrected chi connectivity index (χ1v) is 7.03. The van der Waals surface area contributed by atoms with Gasteiger partial charge in [0, 0.05) is 19.7 Å². The molecule has 2 N–H and O–H groups in total.